The fraction of sp³-hybridized carbons (Fsp3) is 0.600. The Morgan fingerprint density at radius 2 is 1.95 bits per heavy atom. The molecule has 0 aliphatic carbocycles. The summed E-state index contributed by atoms with van der Waals surface area (Å²) in [7, 11) is 0. The fourth-order valence-electron chi connectivity index (χ4n) is 2.12. The topological polar surface area (TPSA) is 30.5 Å². The van der Waals surface area contributed by atoms with Gasteiger partial charge in [-0.2, -0.15) is 0 Å². The summed E-state index contributed by atoms with van der Waals surface area (Å²) in [6.45, 7) is 8.80. The third-order valence-corrected chi connectivity index (χ3v) is 3.45. The first-order valence-corrected chi connectivity index (χ1v) is 6.67. The minimum absolute atomic E-state index is 0.0634. The number of rotatable bonds is 3. The second-order valence-corrected chi connectivity index (χ2v) is 5.62. The molecule has 1 aliphatic heterocycles. The lowest BCUT2D eigenvalue weighted by Crippen LogP contribution is -2.49. The second kappa shape index (κ2) is 5.57. The number of hydrogen-bond acceptors (Lipinski definition) is 3. The zero-order chi connectivity index (χ0) is 14.0. The summed E-state index contributed by atoms with van der Waals surface area (Å²) < 4.78 is 24.7. The molecule has 1 aromatic rings. The average Bonchev–Trinajstić information content (AvgIpc) is 2.35. The van der Waals surface area contributed by atoms with Gasteiger partial charge in [-0.3, -0.25) is 0 Å². The Morgan fingerprint density at radius 1 is 1.32 bits per heavy atom. The van der Waals surface area contributed by atoms with Crippen molar-refractivity contribution < 1.29 is 13.9 Å². The van der Waals surface area contributed by atoms with E-state index in [4.69, 9.17) is 9.47 Å². The Morgan fingerprint density at radius 3 is 2.53 bits per heavy atom. The summed E-state index contributed by atoms with van der Waals surface area (Å²) in [5, 5.41) is 3.40. The van der Waals surface area contributed by atoms with Crippen molar-refractivity contribution >= 4 is 0 Å². The molecule has 1 N–H and O–H groups in total. The Hall–Kier alpha value is -0.970. The first kappa shape index (κ1) is 14.4. The maximum absolute atomic E-state index is 13.5. The van der Waals surface area contributed by atoms with Gasteiger partial charge in [0.15, 0.2) is 5.79 Å². The molecule has 19 heavy (non-hydrogen) atoms. The van der Waals surface area contributed by atoms with Crippen LogP contribution < -0.4 is 5.32 Å². The molecule has 1 fully saturated rings. The van der Waals surface area contributed by atoms with Crippen LogP contribution in [0.3, 0.4) is 0 Å². The SMILES string of the molecule is Cc1ccc(C(C)NC2COC(C)(C)OC2)cc1F. The molecule has 3 nitrogen and oxygen atoms in total. The van der Waals surface area contributed by atoms with Gasteiger partial charge in [0.2, 0.25) is 0 Å². The minimum Gasteiger partial charge on any atom is -0.349 e. The summed E-state index contributed by atoms with van der Waals surface area (Å²) in [4.78, 5) is 0. The Bertz CT molecular complexity index is 438. The fourth-order valence-corrected chi connectivity index (χ4v) is 2.12. The van der Waals surface area contributed by atoms with Crippen molar-refractivity contribution in [2.45, 2.75) is 45.6 Å². The van der Waals surface area contributed by atoms with E-state index >= 15 is 0 Å². The molecule has 0 saturated carbocycles. The molecule has 0 bridgehead atoms. The van der Waals surface area contributed by atoms with Crippen LogP contribution in [-0.2, 0) is 9.47 Å². The summed E-state index contributed by atoms with van der Waals surface area (Å²) in [5.74, 6) is -0.666. The van der Waals surface area contributed by atoms with E-state index in [0.717, 1.165) is 5.56 Å². The van der Waals surface area contributed by atoms with Crippen LogP contribution in [0.2, 0.25) is 0 Å². The summed E-state index contributed by atoms with van der Waals surface area (Å²) in [5.41, 5.74) is 1.61. The largest absolute Gasteiger partial charge is 0.349 e. The lowest BCUT2D eigenvalue weighted by molar-refractivity contribution is -0.253. The minimum atomic E-state index is -0.503. The van der Waals surface area contributed by atoms with Gasteiger partial charge >= 0.3 is 0 Å². The summed E-state index contributed by atoms with van der Waals surface area (Å²) >= 11 is 0. The van der Waals surface area contributed by atoms with E-state index in [9.17, 15) is 4.39 Å². The van der Waals surface area contributed by atoms with Crippen molar-refractivity contribution in [3.05, 3.63) is 35.1 Å². The molecule has 2 rings (SSSR count). The zero-order valence-electron chi connectivity index (χ0n) is 12.0. The highest BCUT2D eigenvalue weighted by molar-refractivity contribution is 5.25. The lowest BCUT2D eigenvalue weighted by Gasteiger charge is -2.36. The maximum Gasteiger partial charge on any atom is 0.162 e. The van der Waals surface area contributed by atoms with Gasteiger partial charge in [-0.15, -0.1) is 0 Å². The van der Waals surface area contributed by atoms with Crippen molar-refractivity contribution in [2.75, 3.05) is 13.2 Å². The number of hydrogen-bond donors (Lipinski definition) is 1. The van der Waals surface area contributed by atoms with Gasteiger partial charge in [-0.05, 0) is 44.9 Å². The number of benzene rings is 1. The van der Waals surface area contributed by atoms with Crippen LogP contribution in [0.25, 0.3) is 0 Å². The van der Waals surface area contributed by atoms with Crippen molar-refractivity contribution in [2.24, 2.45) is 0 Å². The van der Waals surface area contributed by atoms with Crippen LogP contribution in [0.4, 0.5) is 4.39 Å². The van der Waals surface area contributed by atoms with E-state index in [1.807, 2.05) is 26.8 Å². The van der Waals surface area contributed by atoms with Crippen molar-refractivity contribution in [1.29, 1.82) is 0 Å². The summed E-state index contributed by atoms with van der Waals surface area (Å²) in [6, 6.07) is 5.53. The highest BCUT2D eigenvalue weighted by Gasteiger charge is 2.28. The van der Waals surface area contributed by atoms with Crippen LogP contribution in [0, 0.1) is 12.7 Å². The predicted molar refractivity (Wildman–Crippen MR) is 72.5 cm³/mol. The third kappa shape index (κ3) is 3.75. The van der Waals surface area contributed by atoms with E-state index in [1.54, 1.807) is 19.1 Å². The molecule has 0 amide bonds. The number of halogens is 1. The summed E-state index contributed by atoms with van der Waals surface area (Å²) in [6.07, 6.45) is 0. The van der Waals surface area contributed by atoms with E-state index < -0.39 is 5.79 Å². The Balaban J connectivity index is 1.94. The molecule has 1 aromatic carbocycles. The van der Waals surface area contributed by atoms with Crippen LogP contribution in [0.5, 0.6) is 0 Å². The van der Waals surface area contributed by atoms with Crippen LogP contribution >= 0.6 is 0 Å². The third-order valence-electron chi connectivity index (χ3n) is 3.45. The molecule has 1 heterocycles. The second-order valence-electron chi connectivity index (χ2n) is 5.62. The van der Waals surface area contributed by atoms with E-state index in [2.05, 4.69) is 5.32 Å². The lowest BCUT2D eigenvalue weighted by atomic mass is 10.1. The van der Waals surface area contributed by atoms with Gasteiger partial charge in [0.05, 0.1) is 19.3 Å². The molecule has 106 valence electrons. The smallest absolute Gasteiger partial charge is 0.162 e. The maximum atomic E-state index is 13.5. The molecule has 1 saturated heterocycles. The quantitative estimate of drug-likeness (QED) is 0.913. The first-order chi connectivity index (χ1) is 8.87. The van der Waals surface area contributed by atoms with Gasteiger partial charge in [0.25, 0.3) is 0 Å². The van der Waals surface area contributed by atoms with Crippen LogP contribution in [0.15, 0.2) is 18.2 Å². The molecule has 0 aromatic heterocycles. The first-order valence-electron chi connectivity index (χ1n) is 6.67. The number of aryl methyl sites for hydroxylation is 1. The van der Waals surface area contributed by atoms with E-state index in [1.165, 1.54) is 0 Å². The van der Waals surface area contributed by atoms with Crippen molar-refractivity contribution in [1.82, 2.24) is 5.32 Å². The van der Waals surface area contributed by atoms with Gasteiger partial charge < -0.3 is 14.8 Å². The predicted octanol–water partition coefficient (Wildman–Crippen LogP) is 2.94. The standard InChI is InChI=1S/C15H22FNO2/c1-10-5-6-12(7-14(10)16)11(2)17-13-8-18-15(3,4)19-9-13/h5-7,11,13,17H,8-9H2,1-4H3. The zero-order valence-corrected chi connectivity index (χ0v) is 12.0. The molecule has 1 unspecified atom stereocenters. The molecular formula is C15H22FNO2. The van der Waals surface area contributed by atoms with Crippen LogP contribution in [0.1, 0.15) is 37.9 Å². The monoisotopic (exact) mass is 267 g/mol. The van der Waals surface area contributed by atoms with E-state index in [0.29, 0.717) is 18.8 Å². The Labute approximate surface area is 114 Å². The van der Waals surface area contributed by atoms with Gasteiger partial charge in [-0.25, -0.2) is 4.39 Å². The van der Waals surface area contributed by atoms with Gasteiger partial charge in [0.1, 0.15) is 5.82 Å². The molecule has 1 aliphatic rings. The number of ether oxygens (including phenoxy) is 2. The highest BCUT2D eigenvalue weighted by atomic mass is 19.1. The van der Waals surface area contributed by atoms with E-state index in [-0.39, 0.29) is 17.9 Å². The Kier molecular flexibility index (Phi) is 4.23. The molecular weight excluding hydrogens is 245 g/mol. The van der Waals surface area contributed by atoms with Gasteiger partial charge in [0, 0.05) is 6.04 Å². The highest BCUT2D eigenvalue weighted by Crippen LogP contribution is 2.20. The average molecular weight is 267 g/mol. The van der Waals surface area contributed by atoms with Crippen molar-refractivity contribution in [3.63, 3.8) is 0 Å². The molecule has 0 radical (unpaired) electrons. The number of nitrogens with one attached hydrogen (secondary N) is 1. The molecule has 0 spiro atoms. The normalized spacial score (nSPS) is 21.3. The van der Waals surface area contributed by atoms with Crippen molar-refractivity contribution in [3.8, 4) is 0 Å². The molecule has 1 atom stereocenters. The van der Waals surface area contributed by atoms with Gasteiger partial charge in [-0.1, -0.05) is 12.1 Å². The molecule has 4 heteroatoms. The van der Waals surface area contributed by atoms with Crippen LogP contribution in [-0.4, -0.2) is 25.0 Å².